The molecule has 3 aromatic rings. The molecule has 0 bridgehead atoms. The van der Waals surface area contributed by atoms with Crippen molar-refractivity contribution in [1.82, 2.24) is 4.98 Å². The number of azo groups is 1. The standard InChI is InChI=1S/C15H10F3N3S/c16-15(17,18)9-4-3-5-10(8-9)20-21-13-11-6-1-2-7-12(11)19-14(13)22/h1-8,19,22H. The number of thiol groups is 1. The highest BCUT2D eigenvalue weighted by molar-refractivity contribution is 7.80. The summed E-state index contributed by atoms with van der Waals surface area (Å²) in [5.41, 5.74) is 0.712. The van der Waals surface area contributed by atoms with Crippen LogP contribution in [0.2, 0.25) is 0 Å². The normalized spacial score (nSPS) is 12.4. The van der Waals surface area contributed by atoms with Crippen LogP contribution >= 0.6 is 12.6 Å². The SMILES string of the molecule is FC(F)(F)c1cccc(N=Nc2c(S)[nH]c3ccccc23)c1. The van der Waals surface area contributed by atoms with Crippen LogP contribution in [0.15, 0.2) is 63.8 Å². The van der Waals surface area contributed by atoms with Crippen molar-refractivity contribution < 1.29 is 13.2 Å². The van der Waals surface area contributed by atoms with Crippen LogP contribution in [0, 0.1) is 0 Å². The number of halogens is 3. The number of aromatic nitrogens is 1. The van der Waals surface area contributed by atoms with E-state index in [0.29, 0.717) is 10.7 Å². The van der Waals surface area contributed by atoms with Gasteiger partial charge in [-0.05, 0) is 24.3 Å². The first-order valence-corrected chi connectivity index (χ1v) is 6.78. The Hall–Kier alpha value is -2.28. The molecule has 1 N–H and O–H groups in total. The second kappa shape index (κ2) is 5.49. The second-order valence-corrected chi connectivity index (χ2v) is 5.06. The fourth-order valence-corrected chi connectivity index (χ4v) is 2.35. The molecular weight excluding hydrogens is 311 g/mol. The number of rotatable bonds is 2. The van der Waals surface area contributed by atoms with Gasteiger partial charge < -0.3 is 4.98 Å². The Morgan fingerprint density at radius 2 is 1.73 bits per heavy atom. The van der Waals surface area contributed by atoms with E-state index in [1.807, 2.05) is 24.3 Å². The minimum absolute atomic E-state index is 0.132. The van der Waals surface area contributed by atoms with E-state index in [1.165, 1.54) is 12.1 Å². The molecule has 2 aromatic carbocycles. The van der Waals surface area contributed by atoms with Crippen molar-refractivity contribution in [2.24, 2.45) is 10.2 Å². The van der Waals surface area contributed by atoms with E-state index in [2.05, 4.69) is 27.8 Å². The summed E-state index contributed by atoms with van der Waals surface area (Å²) in [5.74, 6) is 0. The first-order valence-electron chi connectivity index (χ1n) is 6.34. The maximum absolute atomic E-state index is 12.7. The fourth-order valence-electron chi connectivity index (χ4n) is 2.07. The van der Waals surface area contributed by atoms with Gasteiger partial charge in [0.25, 0.3) is 0 Å². The Labute approximate surface area is 129 Å². The Balaban J connectivity index is 1.98. The predicted octanol–water partition coefficient (Wildman–Crippen LogP) is 5.89. The van der Waals surface area contributed by atoms with Gasteiger partial charge in [0.1, 0.15) is 5.69 Å². The quantitative estimate of drug-likeness (QED) is 0.436. The third-order valence-corrected chi connectivity index (χ3v) is 3.42. The number of hydrogen-bond donors (Lipinski definition) is 2. The zero-order valence-corrected chi connectivity index (χ0v) is 12.0. The number of nitrogens with zero attached hydrogens (tertiary/aromatic N) is 2. The summed E-state index contributed by atoms with van der Waals surface area (Å²) in [4.78, 5) is 3.03. The molecule has 0 fully saturated rings. The van der Waals surface area contributed by atoms with Crippen LogP contribution in [-0.2, 0) is 6.18 Å². The Morgan fingerprint density at radius 1 is 0.955 bits per heavy atom. The number of fused-ring (bicyclic) bond motifs is 1. The van der Waals surface area contributed by atoms with Crippen LogP contribution in [0.3, 0.4) is 0 Å². The first kappa shape index (κ1) is 14.6. The van der Waals surface area contributed by atoms with E-state index in [4.69, 9.17) is 0 Å². The lowest BCUT2D eigenvalue weighted by molar-refractivity contribution is -0.137. The molecule has 7 heteroatoms. The summed E-state index contributed by atoms with van der Waals surface area (Å²) in [6.45, 7) is 0. The van der Waals surface area contributed by atoms with Gasteiger partial charge in [-0.25, -0.2) is 0 Å². The van der Waals surface area contributed by atoms with Crippen molar-refractivity contribution >= 4 is 34.9 Å². The van der Waals surface area contributed by atoms with Crippen molar-refractivity contribution in [3.05, 3.63) is 54.1 Å². The fraction of sp³-hybridized carbons (Fsp3) is 0.0667. The highest BCUT2D eigenvalue weighted by Crippen LogP contribution is 2.35. The Morgan fingerprint density at radius 3 is 2.50 bits per heavy atom. The van der Waals surface area contributed by atoms with E-state index < -0.39 is 11.7 Å². The number of para-hydroxylation sites is 1. The average molecular weight is 321 g/mol. The van der Waals surface area contributed by atoms with Crippen molar-refractivity contribution in [1.29, 1.82) is 0 Å². The predicted molar refractivity (Wildman–Crippen MR) is 81.2 cm³/mol. The third-order valence-electron chi connectivity index (χ3n) is 3.10. The summed E-state index contributed by atoms with van der Waals surface area (Å²) in [7, 11) is 0. The minimum atomic E-state index is -4.40. The van der Waals surface area contributed by atoms with Crippen LogP contribution < -0.4 is 0 Å². The molecule has 0 spiro atoms. The number of H-pyrrole nitrogens is 1. The van der Waals surface area contributed by atoms with Crippen LogP contribution in [0.25, 0.3) is 10.9 Å². The molecule has 0 radical (unpaired) electrons. The number of hydrogen-bond acceptors (Lipinski definition) is 3. The highest BCUT2D eigenvalue weighted by Gasteiger charge is 2.30. The molecule has 3 nitrogen and oxygen atoms in total. The zero-order valence-electron chi connectivity index (χ0n) is 11.1. The van der Waals surface area contributed by atoms with Crippen LogP contribution in [0.5, 0.6) is 0 Å². The molecule has 0 aliphatic rings. The van der Waals surface area contributed by atoms with Gasteiger partial charge in [0, 0.05) is 10.9 Å². The molecule has 0 aliphatic carbocycles. The second-order valence-electron chi connectivity index (χ2n) is 4.62. The van der Waals surface area contributed by atoms with Gasteiger partial charge in [-0.15, -0.1) is 17.7 Å². The van der Waals surface area contributed by atoms with Crippen LogP contribution in [0.1, 0.15) is 5.56 Å². The van der Waals surface area contributed by atoms with E-state index in [0.717, 1.165) is 23.0 Å². The largest absolute Gasteiger partial charge is 0.416 e. The number of nitrogens with one attached hydrogen (secondary N) is 1. The van der Waals surface area contributed by atoms with Crippen molar-refractivity contribution in [3.63, 3.8) is 0 Å². The Bertz CT molecular complexity index is 853. The summed E-state index contributed by atoms with van der Waals surface area (Å²) < 4.78 is 38.0. The molecule has 0 amide bonds. The van der Waals surface area contributed by atoms with Crippen LogP contribution in [-0.4, -0.2) is 4.98 Å². The van der Waals surface area contributed by atoms with Crippen molar-refractivity contribution in [3.8, 4) is 0 Å². The van der Waals surface area contributed by atoms with Gasteiger partial charge in [-0.3, -0.25) is 0 Å². The van der Waals surface area contributed by atoms with Gasteiger partial charge in [0.15, 0.2) is 0 Å². The van der Waals surface area contributed by atoms with Gasteiger partial charge in [0.05, 0.1) is 16.3 Å². The van der Waals surface area contributed by atoms with E-state index in [9.17, 15) is 13.2 Å². The topological polar surface area (TPSA) is 40.5 Å². The lowest BCUT2D eigenvalue weighted by Gasteiger charge is -2.05. The molecule has 0 aliphatic heterocycles. The maximum Gasteiger partial charge on any atom is 0.416 e. The molecule has 22 heavy (non-hydrogen) atoms. The molecule has 0 saturated carbocycles. The molecule has 0 saturated heterocycles. The van der Waals surface area contributed by atoms with Crippen molar-refractivity contribution in [2.45, 2.75) is 11.2 Å². The van der Waals surface area contributed by atoms with E-state index in [1.54, 1.807) is 0 Å². The molecule has 112 valence electrons. The molecule has 1 heterocycles. The summed E-state index contributed by atoms with van der Waals surface area (Å²) in [5, 5.41) is 9.25. The highest BCUT2D eigenvalue weighted by atomic mass is 32.1. The van der Waals surface area contributed by atoms with Gasteiger partial charge in [0.2, 0.25) is 0 Å². The number of benzene rings is 2. The number of aromatic amines is 1. The van der Waals surface area contributed by atoms with E-state index in [-0.39, 0.29) is 5.69 Å². The monoisotopic (exact) mass is 321 g/mol. The van der Waals surface area contributed by atoms with Gasteiger partial charge >= 0.3 is 6.18 Å². The van der Waals surface area contributed by atoms with Crippen LogP contribution in [0.4, 0.5) is 24.5 Å². The molecule has 1 aromatic heterocycles. The molecular formula is C15H10F3N3S. The smallest absolute Gasteiger partial charge is 0.348 e. The lowest BCUT2D eigenvalue weighted by Crippen LogP contribution is -2.03. The Kier molecular flexibility index (Phi) is 3.66. The minimum Gasteiger partial charge on any atom is -0.348 e. The molecule has 3 rings (SSSR count). The first-order chi connectivity index (χ1) is 10.4. The average Bonchev–Trinajstić information content (AvgIpc) is 2.80. The van der Waals surface area contributed by atoms with Gasteiger partial charge in [-0.1, -0.05) is 24.3 Å². The van der Waals surface area contributed by atoms with Crippen molar-refractivity contribution in [2.75, 3.05) is 0 Å². The maximum atomic E-state index is 12.7. The summed E-state index contributed by atoms with van der Waals surface area (Å²) in [6.07, 6.45) is -4.40. The zero-order chi connectivity index (χ0) is 15.7. The molecule has 0 atom stereocenters. The summed E-state index contributed by atoms with van der Waals surface area (Å²) in [6, 6.07) is 12.1. The lowest BCUT2D eigenvalue weighted by atomic mass is 10.2. The number of alkyl halides is 3. The van der Waals surface area contributed by atoms with E-state index >= 15 is 0 Å². The summed E-state index contributed by atoms with van der Waals surface area (Å²) >= 11 is 4.28. The van der Waals surface area contributed by atoms with Gasteiger partial charge in [-0.2, -0.15) is 18.3 Å². The molecule has 0 unspecified atom stereocenters. The third kappa shape index (κ3) is 2.85.